The average Bonchev–Trinajstić information content (AvgIpc) is 3.08. The lowest BCUT2D eigenvalue weighted by molar-refractivity contribution is 0.0594. The fraction of sp³-hybridized carbons (Fsp3) is 0.722. The summed E-state index contributed by atoms with van der Waals surface area (Å²) in [6.45, 7) is 8.00. The van der Waals surface area contributed by atoms with Gasteiger partial charge in [-0.05, 0) is 44.4 Å². The van der Waals surface area contributed by atoms with Crippen LogP contribution in [0.1, 0.15) is 56.1 Å². The number of esters is 1. The molecule has 0 unspecified atom stereocenters. The fourth-order valence-electron chi connectivity index (χ4n) is 4.00. The molecule has 132 valence electrons. The molecule has 0 amide bonds. The molecule has 1 aliphatic heterocycles. The van der Waals surface area contributed by atoms with E-state index in [2.05, 4.69) is 35.1 Å². The highest BCUT2D eigenvalue weighted by molar-refractivity contribution is 5.86. The monoisotopic (exact) mass is 332 g/mol. The minimum atomic E-state index is -0.424. The maximum absolute atomic E-state index is 11.5. The Kier molecular flexibility index (Phi) is 5.33. The summed E-state index contributed by atoms with van der Waals surface area (Å²) >= 11 is 0. The number of methoxy groups -OCH3 is 1. The highest BCUT2D eigenvalue weighted by atomic mass is 16.5. The molecule has 24 heavy (non-hydrogen) atoms. The summed E-state index contributed by atoms with van der Waals surface area (Å²) in [6.07, 6.45) is 8.78. The Balaban J connectivity index is 1.54. The molecule has 2 heterocycles. The third kappa shape index (κ3) is 3.69. The lowest BCUT2D eigenvalue weighted by Crippen LogP contribution is -2.40. The van der Waals surface area contributed by atoms with Crippen molar-refractivity contribution in [2.45, 2.75) is 45.6 Å². The van der Waals surface area contributed by atoms with Crippen LogP contribution in [0, 0.1) is 11.8 Å². The van der Waals surface area contributed by atoms with Crippen LogP contribution >= 0.6 is 0 Å². The van der Waals surface area contributed by atoms with E-state index in [1.54, 1.807) is 11.8 Å². The molecule has 6 nitrogen and oxygen atoms in total. The van der Waals surface area contributed by atoms with Crippen LogP contribution in [0.4, 0.5) is 0 Å². The number of nitrogens with zero attached hydrogens (tertiary/aromatic N) is 4. The smallest absolute Gasteiger partial charge is 0.360 e. The summed E-state index contributed by atoms with van der Waals surface area (Å²) in [5.74, 6) is 1.06. The summed E-state index contributed by atoms with van der Waals surface area (Å²) in [5, 5.41) is 8.02. The maximum Gasteiger partial charge on any atom is 0.360 e. The van der Waals surface area contributed by atoms with Crippen LogP contribution in [0.2, 0.25) is 0 Å². The Bertz CT molecular complexity index is 602. The van der Waals surface area contributed by atoms with E-state index in [1.165, 1.54) is 26.5 Å². The van der Waals surface area contributed by atoms with Crippen molar-refractivity contribution in [3.8, 4) is 0 Å². The molecule has 0 aromatic carbocycles. The molecule has 0 bridgehead atoms. The number of hydrogen-bond donors (Lipinski definition) is 0. The third-order valence-corrected chi connectivity index (χ3v) is 5.65. The molecule has 1 aliphatic carbocycles. The summed E-state index contributed by atoms with van der Waals surface area (Å²) < 4.78 is 6.52. The quantitative estimate of drug-likeness (QED) is 0.627. The minimum Gasteiger partial charge on any atom is -0.464 e. The van der Waals surface area contributed by atoms with Crippen molar-refractivity contribution in [2.75, 3.05) is 26.7 Å². The molecule has 0 spiro atoms. The first kappa shape index (κ1) is 17.1. The standard InChI is InChI=1S/C18H28N4O2/c1-13-5-4-6-14(2)16(13)11-21-9-7-15(8-10-21)22-12-17(19-20-22)18(23)24-3/h5,12,14-16H,4,6-11H2,1-3H3/t14-,16-/m1/s1. The number of rotatable bonds is 4. The Hall–Kier alpha value is -1.69. The third-order valence-electron chi connectivity index (χ3n) is 5.65. The summed E-state index contributed by atoms with van der Waals surface area (Å²) in [6, 6.07) is 0.326. The number of carbonyl (C=O) groups is 1. The van der Waals surface area contributed by atoms with E-state index in [1.807, 2.05) is 4.68 Å². The average molecular weight is 332 g/mol. The van der Waals surface area contributed by atoms with Crippen LogP contribution in [0.5, 0.6) is 0 Å². The van der Waals surface area contributed by atoms with Crippen LogP contribution in [0.25, 0.3) is 0 Å². The van der Waals surface area contributed by atoms with Crippen molar-refractivity contribution < 1.29 is 9.53 Å². The van der Waals surface area contributed by atoms with Gasteiger partial charge in [-0.3, -0.25) is 0 Å². The van der Waals surface area contributed by atoms with Gasteiger partial charge in [-0.25, -0.2) is 9.48 Å². The first-order valence-electron chi connectivity index (χ1n) is 8.97. The van der Waals surface area contributed by atoms with Gasteiger partial charge in [0.15, 0.2) is 5.69 Å². The molecule has 0 saturated carbocycles. The van der Waals surface area contributed by atoms with Gasteiger partial charge in [-0.2, -0.15) is 0 Å². The zero-order chi connectivity index (χ0) is 17.1. The van der Waals surface area contributed by atoms with Crippen molar-refractivity contribution in [2.24, 2.45) is 11.8 Å². The van der Waals surface area contributed by atoms with Gasteiger partial charge in [0, 0.05) is 19.6 Å². The van der Waals surface area contributed by atoms with E-state index in [4.69, 9.17) is 4.74 Å². The first-order chi connectivity index (χ1) is 11.6. The largest absolute Gasteiger partial charge is 0.464 e. The molecule has 1 aromatic heterocycles. The molecule has 0 N–H and O–H groups in total. The van der Waals surface area contributed by atoms with Crippen molar-refractivity contribution >= 4 is 5.97 Å². The Morgan fingerprint density at radius 3 is 2.75 bits per heavy atom. The number of likely N-dealkylation sites (tertiary alicyclic amines) is 1. The summed E-state index contributed by atoms with van der Waals surface area (Å²) in [4.78, 5) is 14.1. The van der Waals surface area contributed by atoms with Crippen molar-refractivity contribution in [1.29, 1.82) is 0 Å². The Morgan fingerprint density at radius 2 is 2.08 bits per heavy atom. The normalized spacial score (nSPS) is 26.2. The zero-order valence-electron chi connectivity index (χ0n) is 14.9. The van der Waals surface area contributed by atoms with Gasteiger partial charge in [-0.15, -0.1) is 5.10 Å². The Labute approximate surface area is 143 Å². The number of carbonyl (C=O) groups excluding carboxylic acids is 1. The molecule has 6 heteroatoms. The molecule has 0 radical (unpaired) electrons. The molecular weight excluding hydrogens is 304 g/mol. The molecular formula is C18H28N4O2. The van der Waals surface area contributed by atoms with E-state index in [0.29, 0.717) is 12.0 Å². The van der Waals surface area contributed by atoms with E-state index in [0.717, 1.165) is 31.8 Å². The summed E-state index contributed by atoms with van der Waals surface area (Å²) in [7, 11) is 1.36. The lowest BCUT2D eigenvalue weighted by atomic mass is 9.79. The number of hydrogen-bond acceptors (Lipinski definition) is 5. The van der Waals surface area contributed by atoms with E-state index in [-0.39, 0.29) is 5.69 Å². The Morgan fingerprint density at radius 1 is 1.33 bits per heavy atom. The predicted octanol–water partition coefficient (Wildman–Crippen LogP) is 2.69. The van der Waals surface area contributed by atoms with E-state index < -0.39 is 5.97 Å². The van der Waals surface area contributed by atoms with Crippen molar-refractivity contribution in [3.63, 3.8) is 0 Å². The van der Waals surface area contributed by atoms with Gasteiger partial charge in [-0.1, -0.05) is 23.8 Å². The van der Waals surface area contributed by atoms with Gasteiger partial charge in [0.25, 0.3) is 0 Å². The van der Waals surface area contributed by atoms with Gasteiger partial charge in [0.1, 0.15) is 0 Å². The molecule has 3 rings (SSSR count). The number of allylic oxidation sites excluding steroid dienone is 1. The second kappa shape index (κ2) is 7.47. The molecule has 1 fully saturated rings. The van der Waals surface area contributed by atoms with Crippen LogP contribution in [0.3, 0.4) is 0 Å². The zero-order valence-corrected chi connectivity index (χ0v) is 14.9. The van der Waals surface area contributed by atoms with Crippen molar-refractivity contribution in [1.82, 2.24) is 19.9 Å². The highest BCUT2D eigenvalue weighted by Crippen LogP contribution is 2.32. The van der Waals surface area contributed by atoms with Gasteiger partial charge in [0.05, 0.1) is 19.3 Å². The first-order valence-corrected chi connectivity index (χ1v) is 8.97. The number of piperidine rings is 1. The van der Waals surface area contributed by atoms with Crippen molar-refractivity contribution in [3.05, 3.63) is 23.5 Å². The topological polar surface area (TPSA) is 60.2 Å². The second-order valence-corrected chi connectivity index (χ2v) is 7.22. The predicted molar refractivity (Wildman–Crippen MR) is 91.7 cm³/mol. The second-order valence-electron chi connectivity index (χ2n) is 7.22. The van der Waals surface area contributed by atoms with Crippen LogP contribution in [0.15, 0.2) is 17.8 Å². The van der Waals surface area contributed by atoms with Crippen LogP contribution in [-0.4, -0.2) is 52.6 Å². The van der Waals surface area contributed by atoms with E-state index >= 15 is 0 Å². The molecule has 1 saturated heterocycles. The minimum absolute atomic E-state index is 0.289. The molecule has 2 aliphatic rings. The number of ether oxygens (including phenoxy) is 1. The van der Waals surface area contributed by atoms with E-state index in [9.17, 15) is 4.79 Å². The fourth-order valence-corrected chi connectivity index (χ4v) is 4.00. The highest BCUT2D eigenvalue weighted by Gasteiger charge is 2.28. The van der Waals surface area contributed by atoms with Crippen LogP contribution < -0.4 is 0 Å². The summed E-state index contributed by atoms with van der Waals surface area (Å²) in [5.41, 5.74) is 1.85. The molecule has 2 atom stereocenters. The van der Waals surface area contributed by atoms with Crippen LogP contribution in [-0.2, 0) is 4.74 Å². The van der Waals surface area contributed by atoms with Gasteiger partial charge in [0.2, 0.25) is 0 Å². The van der Waals surface area contributed by atoms with Gasteiger partial charge >= 0.3 is 5.97 Å². The lowest BCUT2D eigenvalue weighted by Gasteiger charge is -2.37. The van der Waals surface area contributed by atoms with Gasteiger partial charge < -0.3 is 9.64 Å². The molecule has 1 aromatic rings. The SMILES string of the molecule is COC(=O)c1cn(C2CCN(C[C@@H]3C(C)=CCC[C@H]3C)CC2)nn1. The maximum atomic E-state index is 11.5. The number of aromatic nitrogens is 3.